The van der Waals surface area contributed by atoms with Crippen LogP contribution < -0.4 is 0 Å². The Bertz CT molecular complexity index is 712. The Morgan fingerprint density at radius 2 is 1.69 bits per heavy atom. The summed E-state index contributed by atoms with van der Waals surface area (Å²) in [6, 6.07) is 15.7. The summed E-state index contributed by atoms with van der Waals surface area (Å²) >= 11 is 3.36. The Balaban J connectivity index is 0.00000163. The van der Waals surface area contributed by atoms with Crippen molar-refractivity contribution in [1.82, 2.24) is 0 Å². The van der Waals surface area contributed by atoms with Gasteiger partial charge in [0.2, 0.25) is 0 Å². The molecule has 2 rings (SSSR count). The minimum Gasteiger partial charge on any atom is -0.465 e. The predicted molar refractivity (Wildman–Crippen MR) is 117 cm³/mol. The van der Waals surface area contributed by atoms with Crippen LogP contribution in [0.2, 0.25) is 0 Å². The van der Waals surface area contributed by atoms with Gasteiger partial charge in [-0.2, -0.15) is 0 Å². The van der Waals surface area contributed by atoms with Crippen LogP contribution in [0.4, 0.5) is 5.69 Å². The monoisotopic (exact) mass is 389 g/mol. The summed E-state index contributed by atoms with van der Waals surface area (Å²) in [6.45, 7) is 8.17. The smallest absolute Gasteiger partial charge is 0.338 e. The highest BCUT2D eigenvalue weighted by Crippen LogP contribution is 2.27. The SMILES string of the molecule is CC.CCSC(=Nc1ccc(C)cc1)SCc1ccccc1C(=O)OC. The Hall–Kier alpha value is -1.72. The minimum atomic E-state index is -0.300. The van der Waals surface area contributed by atoms with Crippen molar-refractivity contribution in [3.8, 4) is 0 Å². The van der Waals surface area contributed by atoms with Crippen molar-refractivity contribution in [1.29, 1.82) is 0 Å². The summed E-state index contributed by atoms with van der Waals surface area (Å²) in [5, 5.41) is 0. The number of methoxy groups -OCH3 is 1. The van der Waals surface area contributed by atoms with Gasteiger partial charge in [0, 0.05) is 5.75 Å². The molecular formula is C21H27NO2S2. The average Bonchev–Trinajstić information content (AvgIpc) is 2.69. The van der Waals surface area contributed by atoms with Gasteiger partial charge in [-0.3, -0.25) is 0 Å². The normalized spacial score (nSPS) is 10.7. The summed E-state index contributed by atoms with van der Waals surface area (Å²) in [5.74, 6) is 1.34. The van der Waals surface area contributed by atoms with E-state index in [0.717, 1.165) is 21.4 Å². The maximum atomic E-state index is 11.9. The zero-order chi connectivity index (χ0) is 19.4. The van der Waals surface area contributed by atoms with Crippen LogP contribution in [0.5, 0.6) is 0 Å². The number of esters is 1. The fourth-order valence-electron chi connectivity index (χ4n) is 2.05. The molecule has 0 N–H and O–H groups in total. The molecule has 0 amide bonds. The third kappa shape index (κ3) is 7.26. The summed E-state index contributed by atoms with van der Waals surface area (Å²) < 4.78 is 5.86. The number of nitrogens with zero attached hydrogens (tertiary/aromatic N) is 1. The van der Waals surface area contributed by atoms with E-state index in [4.69, 9.17) is 9.73 Å². The Morgan fingerprint density at radius 3 is 2.31 bits per heavy atom. The molecular weight excluding hydrogens is 362 g/mol. The molecule has 0 unspecified atom stereocenters. The fourth-order valence-corrected chi connectivity index (χ4v) is 4.03. The first kappa shape index (κ1) is 22.3. The van der Waals surface area contributed by atoms with Gasteiger partial charge < -0.3 is 4.74 Å². The van der Waals surface area contributed by atoms with Gasteiger partial charge in [0.25, 0.3) is 0 Å². The molecule has 0 aromatic heterocycles. The molecule has 2 aromatic carbocycles. The van der Waals surface area contributed by atoms with Crippen LogP contribution in [-0.4, -0.2) is 23.2 Å². The van der Waals surface area contributed by atoms with E-state index in [1.165, 1.54) is 12.7 Å². The molecule has 0 bridgehead atoms. The molecule has 0 aliphatic heterocycles. The van der Waals surface area contributed by atoms with Crippen LogP contribution >= 0.6 is 23.5 Å². The molecule has 3 nitrogen and oxygen atoms in total. The number of carbonyl (C=O) groups is 1. The highest BCUT2D eigenvalue weighted by molar-refractivity contribution is 8.38. The minimum absolute atomic E-state index is 0.300. The van der Waals surface area contributed by atoms with Crippen molar-refractivity contribution < 1.29 is 9.53 Å². The third-order valence-corrected chi connectivity index (χ3v) is 5.42. The molecule has 0 fully saturated rings. The number of thioether (sulfide) groups is 2. The van der Waals surface area contributed by atoms with E-state index in [0.29, 0.717) is 11.3 Å². The fraction of sp³-hybridized carbons (Fsp3) is 0.333. The highest BCUT2D eigenvalue weighted by atomic mass is 32.2. The van der Waals surface area contributed by atoms with E-state index < -0.39 is 0 Å². The van der Waals surface area contributed by atoms with Crippen LogP contribution in [0.1, 0.15) is 42.3 Å². The van der Waals surface area contributed by atoms with Gasteiger partial charge >= 0.3 is 5.97 Å². The number of benzene rings is 2. The topological polar surface area (TPSA) is 38.7 Å². The lowest BCUT2D eigenvalue weighted by Crippen LogP contribution is -2.05. The second kappa shape index (κ2) is 12.6. The molecule has 0 atom stereocenters. The number of rotatable bonds is 5. The lowest BCUT2D eigenvalue weighted by molar-refractivity contribution is 0.0600. The van der Waals surface area contributed by atoms with Gasteiger partial charge in [0.05, 0.1) is 18.4 Å². The second-order valence-electron chi connectivity index (χ2n) is 5.08. The maximum Gasteiger partial charge on any atom is 0.338 e. The summed E-state index contributed by atoms with van der Waals surface area (Å²) in [6.07, 6.45) is 0. The Kier molecular flexibility index (Phi) is 10.8. The molecule has 0 saturated carbocycles. The van der Waals surface area contributed by atoms with Crippen molar-refractivity contribution in [2.45, 2.75) is 33.4 Å². The number of carbonyl (C=O) groups excluding carboxylic acids is 1. The summed E-state index contributed by atoms with van der Waals surface area (Å²) in [7, 11) is 1.41. The van der Waals surface area contributed by atoms with Crippen molar-refractivity contribution >= 4 is 39.6 Å². The quantitative estimate of drug-likeness (QED) is 0.333. The zero-order valence-corrected chi connectivity index (χ0v) is 17.7. The van der Waals surface area contributed by atoms with Gasteiger partial charge in [-0.1, -0.05) is 80.2 Å². The van der Waals surface area contributed by atoms with Crippen molar-refractivity contribution in [3.05, 3.63) is 65.2 Å². The Morgan fingerprint density at radius 1 is 1.04 bits per heavy atom. The molecule has 0 aliphatic rings. The Labute approximate surface area is 165 Å². The van der Waals surface area contributed by atoms with Gasteiger partial charge in [-0.15, -0.1) is 0 Å². The standard InChI is InChI=1S/C19H21NO2S2.C2H6/c1-4-23-19(20-16-11-9-14(2)10-12-16)24-13-15-7-5-6-8-17(15)18(21)22-3;1-2/h5-12H,4,13H2,1-3H3;1-2H3. The van der Waals surface area contributed by atoms with Crippen molar-refractivity contribution in [3.63, 3.8) is 0 Å². The average molecular weight is 390 g/mol. The van der Waals surface area contributed by atoms with Gasteiger partial charge in [-0.05, 0) is 36.4 Å². The molecule has 0 spiro atoms. The molecule has 0 radical (unpaired) electrons. The molecule has 5 heteroatoms. The van der Waals surface area contributed by atoms with E-state index in [9.17, 15) is 4.79 Å². The van der Waals surface area contributed by atoms with E-state index >= 15 is 0 Å². The number of hydrogen-bond donors (Lipinski definition) is 0. The van der Waals surface area contributed by atoms with Crippen molar-refractivity contribution in [2.24, 2.45) is 4.99 Å². The van der Waals surface area contributed by atoms with Gasteiger partial charge in [-0.25, -0.2) is 9.79 Å². The van der Waals surface area contributed by atoms with E-state index in [-0.39, 0.29) is 5.97 Å². The number of ether oxygens (including phenoxy) is 1. The lowest BCUT2D eigenvalue weighted by Gasteiger charge is -2.09. The molecule has 26 heavy (non-hydrogen) atoms. The summed E-state index contributed by atoms with van der Waals surface area (Å²) in [4.78, 5) is 16.6. The van der Waals surface area contributed by atoms with E-state index in [1.807, 2.05) is 44.2 Å². The van der Waals surface area contributed by atoms with Crippen LogP contribution in [0.25, 0.3) is 0 Å². The second-order valence-corrected chi connectivity index (χ2v) is 7.56. The van der Waals surface area contributed by atoms with Gasteiger partial charge in [0.15, 0.2) is 0 Å². The highest BCUT2D eigenvalue weighted by Gasteiger charge is 2.12. The largest absolute Gasteiger partial charge is 0.465 e. The first-order valence-electron chi connectivity index (χ1n) is 8.71. The molecule has 2 aromatic rings. The first-order valence-corrected chi connectivity index (χ1v) is 10.7. The van der Waals surface area contributed by atoms with E-state index in [2.05, 4.69) is 26.0 Å². The third-order valence-electron chi connectivity index (χ3n) is 3.30. The molecule has 0 aliphatic carbocycles. The zero-order valence-electron chi connectivity index (χ0n) is 16.1. The van der Waals surface area contributed by atoms with Crippen LogP contribution in [0.3, 0.4) is 0 Å². The molecule has 0 saturated heterocycles. The maximum absolute atomic E-state index is 11.9. The molecule has 0 heterocycles. The molecule has 140 valence electrons. The van der Waals surface area contributed by atoms with Crippen LogP contribution in [0.15, 0.2) is 53.5 Å². The number of aliphatic imine (C=N–C) groups is 1. The van der Waals surface area contributed by atoms with Crippen LogP contribution in [-0.2, 0) is 10.5 Å². The first-order chi connectivity index (χ1) is 12.6. The predicted octanol–water partition coefficient (Wildman–Crippen LogP) is 6.48. The number of aryl methyl sites for hydroxylation is 1. The van der Waals surface area contributed by atoms with Gasteiger partial charge in [0.1, 0.15) is 4.38 Å². The van der Waals surface area contributed by atoms with E-state index in [1.54, 1.807) is 29.6 Å². The van der Waals surface area contributed by atoms with Crippen LogP contribution in [0, 0.1) is 6.92 Å². The van der Waals surface area contributed by atoms with Crippen molar-refractivity contribution in [2.75, 3.05) is 12.9 Å². The lowest BCUT2D eigenvalue weighted by atomic mass is 10.1. The number of hydrogen-bond acceptors (Lipinski definition) is 5. The summed E-state index contributed by atoms with van der Waals surface area (Å²) in [5.41, 5.74) is 3.75.